The average molecular weight is 336 g/mol. The highest BCUT2D eigenvalue weighted by Gasteiger charge is 2.06. The third-order valence-corrected chi connectivity index (χ3v) is 4.46. The predicted octanol–water partition coefficient (Wildman–Crippen LogP) is 6.09. The van der Waals surface area contributed by atoms with E-state index < -0.39 is 0 Å². The fourth-order valence-electron chi connectivity index (χ4n) is 2.92. The van der Waals surface area contributed by atoms with E-state index in [4.69, 9.17) is 9.97 Å². The van der Waals surface area contributed by atoms with Crippen molar-refractivity contribution in [2.45, 2.75) is 13.8 Å². The van der Waals surface area contributed by atoms with E-state index in [0.717, 1.165) is 33.9 Å². The first-order chi connectivity index (χ1) is 12.7. The molecule has 0 amide bonds. The highest BCUT2D eigenvalue weighted by molar-refractivity contribution is 5.67. The number of rotatable bonds is 3. The first-order valence-electron chi connectivity index (χ1n) is 8.78. The summed E-state index contributed by atoms with van der Waals surface area (Å²) >= 11 is 0. The van der Waals surface area contributed by atoms with Gasteiger partial charge in [-0.1, -0.05) is 71.8 Å². The van der Waals surface area contributed by atoms with E-state index >= 15 is 0 Å². The highest BCUT2D eigenvalue weighted by atomic mass is 14.8. The Labute approximate surface area is 154 Å². The van der Waals surface area contributed by atoms with Crippen molar-refractivity contribution in [3.05, 3.63) is 96.1 Å². The molecule has 0 bridgehead atoms. The van der Waals surface area contributed by atoms with Crippen LogP contribution in [0.5, 0.6) is 0 Å². The molecule has 2 heterocycles. The summed E-state index contributed by atoms with van der Waals surface area (Å²) in [6.07, 6.45) is 0. The lowest BCUT2D eigenvalue weighted by molar-refractivity contribution is 1.25. The van der Waals surface area contributed by atoms with Crippen LogP contribution in [-0.4, -0.2) is 9.97 Å². The van der Waals surface area contributed by atoms with Gasteiger partial charge in [-0.2, -0.15) is 0 Å². The Bertz CT molecular complexity index is 945. The number of aromatic nitrogens is 2. The smallest absolute Gasteiger partial charge is 0.0893 e. The lowest BCUT2D eigenvalue weighted by Crippen LogP contribution is -1.92. The Balaban J connectivity index is 1.72. The molecule has 2 nitrogen and oxygen atoms in total. The standard InChI is InChI=1S/C24H20N2/c1-17-9-13-19(14-10-17)21-5-3-7-23(25-21)24-8-4-6-22(26-24)20-15-11-18(2)12-16-20/h3-16H,1-2H3. The second-order valence-electron chi connectivity index (χ2n) is 6.55. The first kappa shape index (κ1) is 16.2. The fourth-order valence-corrected chi connectivity index (χ4v) is 2.92. The third-order valence-electron chi connectivity index (χ3n) is 4.46. The van der Waals surface area contributed by atoms with Crippen molar-refractivity contribution in [3.63, 3.8) is 0 Å². The van der Waals surface area contributed by atoms with Crippen LogP contribution in [0.4, 0.5) is 0 Å². The Morgan fingerprint density at radius 2 is 0.769 bits per heavy atom. The molecule has 4 aromatic rings. The molecule has 4 rings (SSSR count). The highest BCUT2D eigenvalue weighted by Crippen LogP contribution is 2.24. The minimum Gasteiger partial charge on any atom is -0.246 e. The van der Waals surface area contributed by atoms with Crippen molar-refractivity contribution in [3.8, 4) is 33.9 Å². The fraction of sp³-hybridized carbons (Fsp3) is 0.0833. The quantitative estimate of drug-likeness (QED) is 0.452. The van der Waals surface area contributed by atoms with Gasteiger partial charge in [0.05, 0.1) is 22.8 Å². The molecule has 0 aliphatic carbocycles. The molecule has 0 spiro atoms. The van der Waals surface area contributed by atoms with Crippen molar-refractivity contribution in [1.82, 2.24) is 9.97 Å². The molecule has 26 heavy (non-hydrogen) atoms. The van der Waals surface area contributed by atoms with Crippen LogP contribution < -0.4 is 0 Å². The first-order valence-corrected chi connectivity index (χ1v) is 8.78. The lowest BCUT2D eigenvalue weighted by atomic mass is 10.1. The summed E-state index contributed by atoms with van der Waals surface area (Å²) in [5.41, 5.74) is 8.43. The zero-order valence-corrected chi connectivity index (χ0v) is 15.0. The van der Waals surface area contributed by atoms with Crippen LogP contribution in [0.2, 0.25) is 0 Å². The summed E-state index contributed by atoms with van der Waals surface area (Å²) in [5.74, 6) is 0. The van der Waals surface area contributed by atoms with Crippen molar-refractivity contribution < 1.29 is 0 Å². The lowest BCUT2D eigenvalue weighted by Gasteiger charge is -2.07. The van der Waals surface area contributed by atoms with Gasteiger partial charge in [0.1, 0.15) is 0 Å². The van der Waals surface area contributed by atoms with Gasteiger partial charge in [-0.15, -0.1) is 0 Å². The molecule has 0 radical (unpaired) electrons. The van der Waals surface area contributed by atoms with Gasteiger partial charge < -0.3 is 0 Å². The zero-order valence-electron chi connectivity index (χ0n) is 15.0. The normalized spacial score (nSPS) is 10.7. The Morgan fingerprint density at radius 1 is 0.423 bits per heavy atom. The maximum absolute atomic E-state index is 4.83. The third kappa shape index (κ3) is 3.40. The largest absolute Gasteiger partial charge is 0.246 e. The monoisotopic (exact) mass is 336 g/mol. The van der Waals surface area contributed by atoms with Crippen LogP contribution in [0.25, 0.3) is 33.9 Å². The van der Waals surface area contributed by atoms with Crippen molar-refractivity contribution in [2.75, 3.05) is 0 Å². The van der Waals surface area contributed by atoms with E-state index in [2.05, 4.69) is 62.4 Å². The average Bonchev–Trinajstić information content (AvgIpc) is 2.69. The molecule has 0 unspecified atom stereocenters. The maximum Gasteiger partial charge on any atom is 0.0893 e. The summed E-state index contributed by atoms with van der Waals surface area (Å²) in [7, 11) is 0. The van der Waals surface area contributed by atoms with E-state index in [0.29, 0.717) is 0 Å². The number of pyridine rings is 2. The van der Waals surface area contributed by atoms with Crippen LogP contribution >= 0.6 is 0 Å². The van der Waals surface area contributed by atoms with Crippen LogP contribution in [0.1, 0.15) is 11.1 Å². The van der Waals surface area contributed by atoms with Gasteiger partial charge in [-0.3, -0.25) is 0 Å². The van der Waals surface area contributed by atoms with E-state index in [1.807, 2.05) is 36.4 Å². The number of hydrogen-bond acceptors (Lipinski definition) is 2. The maximum atomic E-state index is 4.83. The second-order valence-corrected chi connectivity index (χ2v) is 6.55. The molecular weight excluding hydrogens is 316 g/mol. The SMILES string of the molecule is Cc1ccc(-c2cccc(-c3cccc(-c4ccc(C)cc4)n3)n2)cc1. The number of aryl methyl sites for hydroxylation is 2. The molecular formula is C24H20N2. The van der Waals surface area contributed by atoms with Crippen LogP contribution in [-0.2, 0) is 0 Å². The van der Waals surface area contributed by atoms with Crippen molar-refractivity contribution in [2.24, 2.45) is 0 Å². The topological polar surface area (TPSA) is 25.8 Å². The summed E-state index contributed by atoms with van der Waals surface area (Å²) in [5, 5.41) is 0. The second kappa shape index (κ2) is 6.93. The van der Waals surface area contributed by atoms with Gasteiger partial charge >= 0.3 is 0 Å². The van der Waals surface area contributed by atoms with E-state index in [-0.39, 0.29) is 0 Å². The number of benzene rings is 2. The van der Waals surface area contributed by atoms with Gasteiger partial charge in [0.25, 0.3) is 0 Å². The molecule has 0 atom stereocenters. The van der Waals surface area contributed by atoms with Gasteiger partial charge in [0.2, 0.25) is 0 Å². The minimum atomic E-state index is 0.886. The molecule has 2 aromatic carbocycles. The van der Waals surface area contributed by atoms with Crippen molar-refractivity contribution in [1.29, 1.82) is 0 Å². The molecule has 0 aliphatic heterocycles. The van der Waals surface area contributed by atoms with Crippen molar-refractivity contribution >= 4 is 0 Å². The Kier molecular flexibility index (Phi) is 4.32. The number of nitrogens with zero attached hydrogens (tertiary/aromatic N) is 2. The van der Waals surface area contributed by atoms with E-state index in [9.17, 15) is 0 Å². The Hall–Kier alpha value is -3.26. The Morgan fingerprint density at radius 3 is 1.15 bits per heavy atom. The number of hydrogen-bond donors (Lipinski definition) is 0. The van der Waals surface area contributed by atoms with Crippen LogP contribution in [0.15, 0.2) is 84.9 Å². The molecule has 2 aromatic heterocycles. The van der Waals surface area contributed by atoms with Gasteiger partial charge in [-0.25, -0.2) is 9.97 Å². The van der Waals surface area contributed by atoms with E-state index in [1.165, 1.54) is 11.1 Å². The minimum absolute atomic E-state index is 0.886. The predicted molar refractivity (Wildman–Crippen MR) is 108 cm³/mol. The molecule has 0 saturated carbocycles. The van der Waals surface area contributed by atoms with Crippen LogP contribution in [0.3, 0.4) is 0 Å². The zero-order chi connectivity index (χ0) is 17.9. The summed E-state index contributed by atoms with van der Waals surface area (Å²) in [6.45, 7) is 4.18. The molecule has 0 fully saturated rings. The summed E-state index contributed by atoms with van der Waals surface area (Å²) in [6, 6.07) is 29.1. The summed E-state index contributed by atoms with van der Waals surface area (Å²) in [4.78, 5) is 9.66. The van der Waals surface area contributed by atoms with Gasteiger partial charge in [-0.05, 0) is 38.1 Å². The van der Waals surface area contributed by atoms with Gasteiger partial charge in [0.15, 0.2) is 0 Å². The molecule has 0 aliphatic rings. The summed E-state index contributed by atoms with van der Waals surface area (Å²) < 4.78 is 0. The molecule has 0 saturated heterocycles. The van der Waals surface area contributed by atoms with Crippen LogP contribution in [0, 0.1) is 13.8 Å². The molecule has 0 N–H and O–H groups in total. The van der Waals surface area contributed by atoms with E-state index in [1.54, 1.807) is 0 Å². The van der Waals surface area contributed by atoms with Gasteiger partial charge in [0, 0.05) is 11.1 Å². The molecule has 2 heteroatoms. The molecule has 126 valence electrons.